The van der Waals surface area contributed by atoms with Gasteiger partial charge < -0.3 is 9.47 Å². The number of carbonyl (C=O) groups excluding carboxylic acids is 1. The Morgan fingerprint density at radius 1 is 1.04 bits per heavy atom. The first-order valence-corrected chi connectivity index (χ1v) is 7.62. The molecule has 2 aromatic carbocycles. The molecule has 1 aliphatic rings. The highest BCUT2D eigenvalue weighted by atomic mass is 16.6. The van der Waals surface area contributed by atoms with Crippen LogP contribution in [0.1, 0.15) is 23.6 Å². The molecule has 0 unspecified atom stereocenters. The van der Waals surface area contributed by atoms with Gasteiger partial charge in [0.25, 0.3) is 0 Å². The maximum Gasteiger partial charge on any atom is 0.374 e. The van der Waals surface area contributed by atoms with Crippen LogP contribution in [-0.4, -0.2) is 12.6 Å². The van der Waals surface area contributed by atoms with Gasteiger partial charge in [-0.1, -0.05) is 48.0 Å². The molecule has 0 N–H and O–H groups in total. The minimum atomic E-state index is -0.455. The third kappa shape index (κ3) is 3.19. The van der Waals surface area contributed by atoms with Gasteiger partial charge in [-0.2, -0.15) is 0 Å². The van der Waals surface area contributed by atoms with Crippen molar-refractivity contribution in [2.45, 2.75) is 13.8 Å². The summed E-state index contributed by atoms with van der Waals surface area (Å²) >= 11 is 0. The molecule has 0 amide bonds. The second-order valence-corrected chi connectivity index (χ2v) is 5.30. The summed E-state index contributed by atoms with van der Waals surface area (Å²) in [4.78, 5) is 12.0. The summed E-state index contributed by atoms with van der Waals surface area (Å²) in [6, 6.07) is 16.0. The predicted octanol–water partition coefficient (Wildman–Crippen LogP) is 4.27. The van der Waals surface area contributed by atoms with Gasteiger partial charge >= 0.3 is 5.97 Å². The third-order valence-corrected chi connectivity index (χ3v) is 3.64. The number of ether oxygens (including phenoxy) is 2. The maximum atomic E-state index is 12.0. The van der Waals surface area contributed by atoms with Gasteiger partial charge in [0.1, 0.15) is 5.75 Å². The summed E-state index contributed by atoms with van der Waals surface area (Å²) in [5.74, 6) is 0.390. The summed E-state index contributed by atoms with van der Waals surface area (Å²) in [6.45, 7) is 4.15. The van der Waals surface area contributed by atoms with Crippen molar-refractivity contribution in [1.29, 1.82) is 0 Å². The second-order valence-electron chi connectivity index (χ2n) is 5.30. The average Bonchev–Trinajstić information content (AvgIpc) is 2.76. The van der Waals surface area contributed by atoms with Crippen molar-refractivity contribution < 1.29 is 14.3 Å². The van der Waals surface area contributed by atoms with Crippen LogP contribution in [0.2, 0.25) is 0 Å². The molecule has 0 bridgehead atoms. The SMILES string of the molecule is CCOC(=O)C1=CC=C(c2ccc(C)cc2)c2ccccc2O1. The van der Waals surface area contributed by atoms with Crippen molar-refractivity contribution in [1.82, 2.24) is 0 Å². The zero-order valence-corrected chi connectivity index (χ0v) is 13.2. The number of para-hydroxylation sites is 1. The molecule has 0 aromatic heterocycles. The number of hydrogen-bond acceptors (Lipinski definition) is 3. The normalized spacial score (nSPS) is 13.1. The Morgan fingerprint density at radius 3 is 2.52 bits per heavy atom. The molecular weight excluding hydrogens is 288 g/mol. The Kier molecular flexibility index (Phi) is 4.29. The highest BCUT2D eigenvalue weighted by Crippen LogP contribution is 2.34. The molecule has 2 aromatic rings. The van der Waals surface area contributed by atoms with Gasteiger partial charge in [-0.15, -0.1) is 0 Å². The molecule has 0 spiro atoms. The number of esters is 1. The van der Waals surface area contributed by atoms with Crippen molar-refractivity contribution in [2.75, 3.05) is 6.61 Å². The fourth-order valence-corrected chi connectivity index (χ4v) is 2.48. The van der Waals surface area contributed by atoms with E-state index in [4.69, 9.17) is 9.47 Å². The lowest BCUT2D eigenvalue weighted by atomic mass is 9.96. The molecule has 1 heterocycles. The predicted molar refractivity (Wildman–Crippen MR) is 90.0 cm³/mol. The molecule has 0 atom stereocenters. The van der Waals surface area contributed by atoms with Crippen LogP contribution >= 0.6 is 0 Å². The number of rotatable bonds is 3. The van der Waals surface area contributed by atoms with E-state index in [9.17, 15) is 4.79 Å². The fraction of sp³-hybridized carbons (Fsp3) is 0.150. The van der Waals surface area contributed by atoms with Gasteiger partial charge in [0.05, 0.1) is 6.61 Å². The minimum absolute atomic E-state index is 0.196. The van der Waals surface area contributed by atoms with Crippen molar-refractivity contribution in [3.05, 3.63) is 83.1 Å². The monoisotopic (exact) mass is 306 g/mol. The van der Waals surface area contributed by atoms with Gasteiger partial charge in [-0.05, 0) is 43.2 Å². The zero-order chi connectivity index (χ0) is 16.2. The molecule has 3 rings (SSSR count). The molecule has 0 fully saturated rings. The quantitative estimate of drug-likeness (QED) is 0.795. The zero-order valence-electron chi connectivity index (χ0n) is 13.2. The molecule has 116 valence electrons. The molecule has 0 aliphatic carbocycles. The first kappa shape index (κ1) is 15.1. The van der Waals surface area contributed by atoms with Gasteiger partial charge in [-0.3, -0.25) is 0 Å². The molecule has 0 radical (unpaired) electrons. The smallest absolute Gasteiger partial charge is 0.374 e. The average molecular weight is 306 g/mol. The van der Waals surface area contributed by atoms with Gasteiger partial charge in [0.15, 0.2) is 0 Å². The van der Waals surface area contributed by atoms with E-state index in [1.54, 1.807) is 13.0 Å². The highest BCUT2D eigenvalue weighted by Gasteiger charge is 2.19. The Hall–Kier alpha value is -2.81. The summed E-state index contributed by atoms with van der Waals surface area (Å²) in [5, 5.41) is 0. The molecule has 0 saturated heterocycles. The van der Waals surface area contributed by atoms with Crippen molar-refractivity contribution >= 4 is 11.5 Å². The van der Waals surface area contributed by atoms with E-state index in [0.717, 1.165) is 16.7 Å². The summed E-state index contributed by atoms with van der Waals surface area (Å²) < 4.78 is 10.8. The number of hydrogen-bond donors (Lipinski definition) is 0. The number of benzene rings is 2. The largest absolute Gasteiger partial charge is 0.460 e. The second kappa shape index (κ2) is 6.53. The van der Waals surface area contributed by atoms with E-state index in [-0.39, 0.29) is 5.76 Å². The third-order valence-electron chi connectivity index (χ3n) is 3.64. The summed E-state index contributed by atoms with van der Waals surface area (Å²) in [5.41, 5.74) is 4.25. The lowest BCUT2D eigenvalue weighted by Gasteiger charge is -2.12. The van der Waals surface area contributed by atoms with Crippen LogP contribution in [-0.2, 0) is 9.53 Å². The van der Waals surface area contributed by atoms with Crippen LogP contribution in [0.4, 0.5) is 0 Å². The van der Waals surface area contributed by atoms with E-state index in [2.05, 4.69) is 31.2 Å². The van der Waals surface area contributed by atoms with E-state index >= 15 is 0 Å². The highest BCUT2D eigenvalue weighted by molar-refractivity contribution is 5.91. The number of fused-ring (bicyclic) bond motifs is 1. The Morgan fingerprint density at radius 2 is 1.78 bits per heavy atom. The van der Waals surface area contributed by atoms with Gasteiger partial charge in [0, 0.05) is 5.56 Å². The summed E-state index contributed by atoms with van der Waals surface area (Å²) in [7, 11) is 0. The topological polar surface area (TPSA) is 35.5 Å². The van der Waals surface area contributed by atoms with Crippen molar-refractivity contribution in [3.8, 4) is 5.75 Å². The van der Waals surface area contributed by atoms with Crippen LogP contribution in [0.15, 0.2) is 66.4 Å². The number of aryl methyl sites for hydroxylation is 1. The lowest BCUT2D eigenvalue weighted by molar-refractivity contribution is -0.141. The fourth-order valence-electron chi connectivity index (χ4n) is 2.48. The molecule has 3 heteroatoms. The van der Waals surface area contributed by atoms with Gasteiger partial charge in [-0.25, -0.2) is 4.79 Å². The van der Waals surface area contributed by atoms with Crippen LogP contribution in [0.25, 0.3) is 5.57 Å². The molecule has 1 aliphatic heterocycles. The van der Waals surface area contributed by atoms with Crippen LogP contribution < -0.4 is 4.74 Å². The molecule has 0 saturated carbocycles. The van der Waals surface area contributed by atoms with Crippen molar-refractivity contribution in [3.63, 3.8) is 0 Å². The number of allylic oxidation sites excluding steroid dienone is 2. The molecular formula is C20H18O3. The van der Waals surface area contributed by atoms with Crippen LogP contribution in [0, 0.1) is 6.92 Å². The Labute approximate surface area is 135 Å². The number of carbonyl (C=O) groups is 1. The first-order chi connectivity index (χ1) is 11.2. The Bertz CT molecular complexity index is 783. The summed E-state index contributed by atoms with van der Waals surface area (Å²) in [6.07, 6.45) is 3.58. The van der Waals surface area contributed by atoms with Crippen LogP contribution in [0.5, 0.6) is 5.75 Å². The minimum Gasteiger partial charge on any atom is -0.460 e. The van der Waals surface area contributed by atoms with E-state index in [1.807, 2.05) is 30.3 Å². The van der Waals surface area contributed by atoms with E-state index < -0.39 is 5.97 Å². The maximum absolute atomic E-state index is 12.0. The lowest BCUT2D eigenvalue weighted by Crippen LogP contribution is -2.12. The molecule has 23 heavy (non-hydrogen) atoms. The Balaban J connectivity index is 2.09. The standard InChI is InChI=1S/C20H18O3/c1-3-22-20(21)19-13-12-16(15-10-8-14(2)9-11-15)17-6-4-5-7-18(17)23-19/h4-13H,3H2,1-2H3. The van der Waals surface area contributed by atoms with E-state index in [0.29, 0.717) is 12.4 Å². The van der Waals surface area contributed by atoms with Crippen LogP contribution in [0.3, 0.4) is 0 Å². The van der Waals surface area contributed by atoms with Gasteiger partial charge in [0.2, 0.25) is 5.76 Å². The molecule has 3 nitrogen and oxygen atoms in total. The van der Waals surface area contributed by atoms with E-state index in [1.165, 1.54) is 5.56 Å². The first-order valence-electron chi connectivity index (χ1n) is 7.62. The van der Waals surface area contributed by atoms with Crippen molar-refractivity contribution in [2.24, 2.45) is 0 Å².